The van der Waals surface area contributed by atoms with Crippen molar-refractivity contribution in [2.24, 2.45) is 5.92 Å². The van der Waals surface area contributed by atoms with Gasteiger partial charge in [0, 0.05) is 30.6 Å². The summed E-state index contributed by atoms with van der Waals surface area (Å²) in [6, 6.07) is 16.1. The zero-order valence-corrected chi connectivity index (χ0v) is 19.5. The second-order valence-corrected chi connectivity index (χ2v) is 8.62. The summed E-state index contributed by atoms with van der Waals surface area (Å²) in [7, 11) is 0. The first-order valence-electron chi connectivity index (χ1n) is 11.4. The molecule has 0 N–H and O–H groups in total. The van der Waals surface area contributed by atoms with E-state index in [-0.39, 0.29) is 38.1 Å². The van der Waals surface area contributed by atoms with Crippen molar-refractivity contribution in [1.29, 1.82) is 0 Å². The van der Waals surface area contributed by atoms with Gasteiger partial charge in [-0.3, -0.25) is 19.2 Å². The summed E-state index contributed by atoms with van der Waals surface area (Å²) in [5.41, 5.74) is 0.541. The van der Waals surface area contributed by atoms with Crippen LogP contribution in [-0.4, -0.2) is 60.5 Å². The average Bonchev–Trinajstić information content (AvgIpc) is 3.16. The van der Waals surface area contributed by atoms with Crippen molar-refractivity contribution >= 4 is 29.4 Å². The van der Waals surface area contributed by atoms with Crippen LogP contribution in [0, 0.1) is 5.92 Å². The van der Waals surface area contributed by atoms with Crippen molar-refractivity contribution in [3.63, 3.8) is 0 Å². The molecule has 178 valence electrons. The Hall–Kier alpha value is -3.68. The number of nitrogens with zero attached hydrogens (tertiary/aromatic N) is 2. The standard InChI is InChI=1S/C26H28N2O6/c1-4-33-24(31)20-16-28(23(30)18-10-6-5-7-11-18)26(3)22(20)19-12-8-9-13-21(19)27(25(26)32)14-15-34-17(2)29/h5-13,20,22H,4,14-16H2,1-3H3/t20-,22+,26-/m0/s1. The van der Waals surface area contributed by atoms with Gasteiger partial charge in [0.25, 0.3) is 11.8 Å². The molecule has 2 amide bonds. The fraction of sp³-hybridized carbons (Fsp3) is 0.385. The summed E-state index contributed by atoms with van der Waals surface area (Å²) in [6.45, 7) is 5.18. The SMILES string of the molecule is CCOC(=O)[C@H]1CN(C(=O)c2ccccc2)[C@]2(C)C(=O)N(CCOC(C)=O)c3ccccc3[C@H]12. The van der Waals surface area contributed by atoms with Gasteiger partial charge in [-0.1, -0.05) is 36.4 Å². The minimum atomic E-state index is -1.32. The van der Waals surface area contributed by atoms with Gasteiger partial charge in [-0.05, 0) is 37.6 Å². The van der Waals surface area contributed by atoms with Crippen molar-refractivity contribution in [2.45, 2.75) is 32.2 Å². The molecule has 3 atom stereocenters. The fourth-order valence-corrected chi connectivity index (χ4v) is 5.19. The van der Waals surface area contributed by atoms with Crippen LogP contribution in [0.4, 0.5) is 5.69 Å². The lowest BCUT2D eigenvalue weighted by Crippen LogP contribution is -2.62. The molecule has 2 heterocycles. The molecule has 8 nitrogen and oxygen atoms in total. The monoisotopic (exact) mass is 464 g/mol. The normalized spacial score (nSPS) is 23.2. The topological polar surface area (TPSA) is 93.2 Å². The van der Waals surface area contributed by atoms with Gasteiger partial charge in [0.2, 0.25) is 0 Å². The smallest absolute Gasteiger partial charge is 0.311 e. The highest BCUT2D eigenvalue weighted by molar-refractivity contribution is 6.09. The zero-order valence-electron chi connectivity index (χ0n) is 19.5. The molecule has 2 aliphatic heterocycles. The van der Waals surface area contributed by atoms with Gasteiger partial charge >= 0.3 is 11.9 Å². The average molecular weight is 465 g/mol. The fourth-order valence-electron chi connectivity index (χ4n) is 5.19. The number of hydrogen-bond acceptors (Lipinski definition) is 6. The third kappa shape index (κ3) is 3.83. The molecule has 8 heteroatoms. The number of carbonyl (C=O) groups excluding carboxylic acids is 4. The molecule has 2 aromatic rings. The molecular formula is C26H28N2O6. The van der Waals surface area contributed by atoms with Gasteiger partial charge in [0.1, 0.15) is 12.1 Å². The second kappa shape index (κ2) is 9.29. The first-order valence-corrected chi connectivity index (χ1v) is 11.4. The number of para-hydroxylation sites is 1. The van der Waals surface area contributed by atoms with Crippen molar-refractivity contribution in [3.8, 4) is 0 Å². The van der Waals surface area contributed by atoms with Crippen molar-refractivity contribution in [1.82, 2.24) is 4.90 Å². The van der Waals surface area contributed by atoms with E-state index in [1.54, 1.807) is 43.0 Å². The Morgan fingerprint density at radius 3 is 2.38 bits per heavy atom. The van der Waals surface area contributed by atoms with Crippen molar-refractivity contribution in [3.05, 3.63) is 65.7 Å². The number of ether oxygens (including phenoxy) is 2. The number of benzene rings is 2. The largest absolute Gasteiger partial charge is 0.466 e. The lowest BCUT2D eigenvalue weighted by Gasteiger charge is -2.46. The van der Waals surface area contributed by atoms with Gasteiger partial charge in [0.15, 0.2) is 0 Å². The molecule has 2 aromatic carbocycles. The summed E-state index contributed by atoms with van der Waals surface area (Å²) in [5.74, 6) is -2.79. The van der Waals surface area contributed by atoms with Crippen LogP contribution in [-0.2, 0) is 23.9 Å². The summed E-state index contributed by atoms with van der Waals surface area (Å²) < 4.78 is 10.5. The lowest BCUT2D eigenvalue weighted by atomic mass is 9.72. The Morgan fingerprint density at radius 1 is 1.03 bits per heavy atom. The van der Waals surface area contributed by atoms with Gasteiger partial charge in [0.05, 0.1) is 19.1 Å². The number of fused-ring (bicyclic) bond motifs is 3. The molecular weight excluding hydrogens is 436 g/mol. The lowest BCUT2D eigenvalue weighted by molar-refractivity contribution is -0.148. The van der Waals surface area contributed by atoms with E-state index in [1.807, 2.05) is 30.3 Å². The summed E-state index contributed by atoms with van der Waals surface area (Å²) >= 11 is 0. The summed E-state index contributed by atoms with van der Waals surface area (Å²) in [6.07, 6.45) is 0. The van der Waals surface area contributed by atoms with Crippen molar-refractivity contribution in [2.75, 3.05) is 31.2 Å². The molecule has 0 aromatic heterocycles. The Bertz CT molecular complexity index is 1120. The first kappa shape index (κ1) is 23.5. The maximum atomic E-state index is 14.1. The van der Waals surface area contributed by atoms with Crippen LogP contribution in [0.25, 0.3) is 0 Å². The highest BCUT2D eigenvalue weighted by atomic mass is 16.5. The van der Waals surface area contributed by atoms with E-state index in [0.717, 1.165) is 5.56 Å². The predicted molar refractivity (Wildman–Crippen MR) is 124 cm³/mol. The highest BCUT2D eigenvalue weighted by Gasteiger charge is 2.63. The third-order valence-corrected chi connectivity index (χ3v) is 6.66. The molecule has 0 saturated carbocycles. The van der Waals surface area contributed by atoms with E-state index in [2.05, 4.69) is 0 Å². The van der Waals surface area contributed by atoms with Crippen LogP contribution < -0.4 is 4.90 Å². The molecule has 4 rings (SSSR count). The van der Waals surface area contributed by atoms with E-state index in [1.165, 1.54) is 11.8 Å². The van der Waals surface area contributed by atoms with Gasteiger partial charge < -0.3 is 19.3 Å². The number of likely N-dealkylation sites (tertiary alicyclic amines) is 1. The number of anilines is 1. The zero-order chi connectivity index (χ0) is 24.5. The van der Waals surface area contributed by atoms with E-state index < -0.39 is 29.3 Å². The number of amides is 2. The van der Waals surface area contributed by atoms with Crippen LogP contribution in [0.3, 0.4) is 0 Å². The maximum absolute atomic E-state index is 14.1. The number of hydrogen-bond donors (Lipinski definition) is 0. The number of carbonyl (C=O) groups is 4. The summed E-state index contributed by atoms with van der Waals surface area (Å²) in [4.78, 5) is 55.1. The predicted octanol–water partition coefficient (Wildman–Crippen LogP) is 2.77. The van der Waals surface area contributed by atoms with Crippen LogP contribution in [0.5, 0.6) is 0 Å². The Labute approximate surface area is 198 Å². The molecule has 0 unspecified atom stereocenters. The van der Waals surface area contributed by atoms with E-state index in [9.17, 15) is 19.2 Å². The van der Waals surface area contributed by atoms with Crippen molar-refractivity contribution < 1.29 is 28.7 Å². The van der Waals surface area contributed by atoms with Crippen LogP contribution in [0.1, 0.15) is 42.6 Å². The quantitative estimate of drug-likeness (QED) is 0.611. The second-order valence-electron chi connectivity index (χ2n) is 8.62. The highest BCUT2D eigenvalue weighted by Crippen LogP contribution is 2.53. The first-order chi connectivity index (χ1) is 16.3. The van der Waals surface area contributed by atoms with E-state index >= 15 is 0 Å². The summed E-state index contributed by atoms with van der Waals surface area (Å²) in [5, 5.41) is 0. The van der Waals surface area contributed by atoms with Gasteiger partial charge in [-0.15, -0.1) is 0 Å². The maximum Gasteiger partial charge on any atom is 0.311 e. The van der Waals surface area contributed by atoms with E-state index in [4.69, 9.17) is 9.47 Å². The van der Waals surface area contributed by atoms with Crippen LogP contribution in [0.15, 0.2) is 54.6 Å². The molecule has 0 aliphatic carbocycles. The Morgan fingerprint density at radius 2 is 1.71 bits per heavy atom. The van der Waals surface area contributed by atoms with Crippen LogP contribution in [0.2, 0.25) is 0 Å². The molecule has 2 aliphatic rings. The Kier molecular flexibility index (Phi) is 6.41. The molecule has 1 saturated heterocycles. The molecule has 34 heavy (non-hydrogen) atoms. The molecule has 1 fully saturated rings. The number of esters is 2. The number of rotatable bonds is 6. The third-order valence-electron chi connectivity index (χ3n) is 6.66. The minimum absolute atomic E-state index is 0.0179. The minimum Gasteiger partial charge on any atom is -0.466 e. The Balaban J connectivity index is 1.83. The molecule has 0 radical (unpaired) electrons. The van der Waals surface area contributed by atoms with Gasteiger partial charge in [-0.2, -0.15) is 0 Å². The molecule has 0 bridgehead atoms. The van der Waals surface area contributed by atoms with Crippen LogP contribution >= 0.6 is 0 Å². The van der Waals surface area contributed by atoms with Gasteiger partial charge in [-0.25, -0.2) is 0 Å². The molecule has 0 spiro atoms. The van der Waals surface area contributed by atoms with E-state index in [0.29, 0.717) is 11.3 Å².